The highest BCUT2D eigenvalue weighted by molar-refractivity contribution is 6.69. The maximum absolute atomic E-state index is 5.93. The molecule has 0 bridgehead atoms. The number of hydrogen-bond acceptors (Lipinski definition) is 3. The van der Waals surface area contributed by atoms with E-state index >= 15 is 0 Å². The normalized spacial score (nSPS) is 23.1. The van der Waals surface area contributed by atoms with Crippen molar-refractivity contribution in [3.8, 4) is 0 Å². The fourth-order valence-electron chi connectivity index (χ4n) is 1.71. The summed E-state index contributed by atoms with van der Waals surface area (Å²) in [5, 5.41) is 0. The van der Waals surface area contributed by atoms with Crippen LogP contribution in [0.1, 0.15) is 34.1 Å². The highest BCUT2D eigenvalue weighted by Gasteiger charge is 2.50. The third-order valence-electron chi connectivity index (χ3n) is 3.42. The minimum atomic E-state index is -1.37. The van der Waals surface area contributed by atoms with Crippen LogP contribution in [0.2, 0.25) is 26.0 Å². The average Bonchev–Trinajstić information content (AvgIpc) is 2.28. The summed E-state index contributed by atoms with van der Waals surface area (Å²) in [6.07, 6.45) is 1.92. The van der Waals surface area contributed by atoms with Crippen LogP contribution in [-0.4, -0.2) is 33.2 Å². The van der Waals surface area contributed by atoms with E-state index in [0.29, 0.717) is 0 Å². The number of rotatable bonds is 5. The van der Waals surface area contributed by atoms with E-state index in [1.807, 2.05) is 0 Å². The molecule has 1 fully saturated rings. The van der Waals surface area contributed by atoms with Crippen LogP contribution >= 0.6 is 0 Å². The van der Waals surface area contributed by atoms with Gasteiger partial charge in [-0.2, -0.15) is 0 Å². The third kappa shape index (κ3) is 4.39. The van der Waals surface area contributed by atoms with Crippen molar-refractivity contribution in [2.75, 3.05) is 6.61 Å². The summed E-state index contributed by atoms with van der Waals surface area (Å²) in [5.74, 6) is 0. The molecule has 0 saturated carbocycles. The Kier molecular flexibility index (Phi) is 4.51. The van der Waals surface area contributed by atoms with Gasteiger partial charge in [-0.15, -0.1) is 0 Å². The summed E-state index contributed by atoms with van der Waals surface area (Å²) >= 11 is 0. The second kappa shape index (κ2) is 5.04. The molecule has 3 nitrogen and oxygen atoms in total. The molecule has 0 radical (unpaired) electrons. The van der Waals surface area contributed by atoms with Crippen LogP contribution < -0.4 is 0 Å². The minimum Gasteiger partial charge on any atom is -0.418 e. The van der Waals surface area contributed by atoms with Crippen LogP contribution in [0.4, 0.5) is 0 Å². The van der Waals surface area contributed by atoms with Gasteiger partial charge in [0.2, 0.25) is 0 Å². The summed E-state index contributed by atoms with van der Waals surface area (Å²) in [6, 6.07) is 0. The minimum absolute atomic E-state index is 0.0785. The van der Waals surface area contributed by atoms with Crippen molar-refractivity contribution < 1.29 is 13.7 Å². The molecule has 1 aliphatic rings. The predicted molar refractivity (Wildman–Crippen MR) is 74.8 cm³/mol. The molecule has 0 atom stereocenters. The van der Waals surface area contributed by atoms with Crippen molar-refractivity contribution in [3.05, 3.63) is 0 Å². The molecule has 0 spiro atoms. The summed E-state index contributed by atoms with van der Waals surface area (Å²) in [6.45, 7) is 15.8. The second-order valence-electron chi connectivity index (χ2n) is 6.79. The Morgan fingerprint density at radius 3 is 1.88 bits per heavy atom. The van der Waals surface area contributed by atoms with E-state index in [4.69, 9.17) is 13.7 Å². The van der Waals surface area contributed by atoms with Crippen molar-refractivity contribution in [2.45, 2.75) is 71.3 Å². The Morgan fingerprint density at radius 1 is 1.00 bits per heavy atom. The molecule has 0 unspecified atom stereocenters. The van der Waals surface area contributed by atoms with Gasteiger partial charge in [0.1, 0.15) is 0 Å². The second-order valence-corrected chi connectivity index (χ2v) is 11.3. The fourth-order valence-corrected chi connectivity index (χ4v) is 2.47. The molecular weight excluding hydrogens is 231 g/mol. The molecule has 100 valence electrons. The molecule has 1 aliphatic heterocycles. The van der Waals surface area contributed by atoms with Gasteiger partial charge < -0.3 is 13.7 Å². The molecule has 1 rings (SSSR count). The van der Waals surface area contributed by atoms with Crippen molar-refractivity contribution in [2.24, 2.45) is 0 Å². The molecule has 0 N–H and O–H groups in total. The van der Waals surface area contributed by atoms with E-state index in [-0.39, 0.29) is 18.3 Å². The van der Waals surface area contributed by atoms with Crippen molar-refractivity contribution >= 4 is 15.4 Å². The lowest BCUT2D eigenvalue weighted by Crippen LogP contribution is -2.41. The lowest BCUT2D eigenvalue weighted by atomic mass is 9.83. The van der Waals surface area contributed by atoms with E-state index in [2.05, 4.69) is 47.3 Å². The Hall–Kier alpha value is 0.162. The van der Waals surface area contributed by atoms with Crippen LogP contribution in [0.25, 0.3) is 0 Å². The first-order valence-corrected chi connectivity index (χ1v) is 9.94. The Morgan fingerprint density at radius 2 is 1.47 bits per heavy atom. The molecule has 5 heteroatoms. The molecule has 1 saturated heterocycles. The van der Waals surface area contributed by atoms with Crippen LogP contribution in [0.3, 0.4) is 0 Å². The maximum Gasteiger partial charge on any atom is 0.457 e. The van der Waals surface area contributed by atoms with E-state index in [1.165, 1.54) is 0 Å². The zero-order valence-corrected chi connectivity index (χ0v) is 13.4. The molecular formula is C12H27BO3Si. The monoisotopic (exact) mass is 258 g/mol. The maximum atomic E-state index is 5.93. The first-order chi connectivity index (χ1) is 7.54. The molecule has 1 heterocycles. The van der Waals surface area contributed by atoms with Gasteiger partial charge in [0, 0.05) is 6.61 Å². The van der Waals surface area contributed by atoms with Crippen molar-refractivity contribution in [1.82, 2.24) is 0 Å². The number of hydrogen-bond donors (Lipinski definition) is 0. The van der Waals surface area contributed by atoms with Crippen LogP contribution in [-0.2, 0) is 13.7 Å². The molecule has 0 aromatic heterocycles. The van der Waals surface area contributed by atoms with Gasteiger partial charge in [-0.3, -0.25) is 0 Å². The van der Waals surface area contributed by atoms with E-state index < -0.39 is 8.32 Å². The molecule has 17 heavy (non-hydrogen) atoms. The zero-order valence-electron chi connectivity index (χ0n) is 12.4. The SMILES string of the molecule is CC1(C)OB(CCCO[Si](C)(C)C)OC1(C)C. The Labute approximate surface area is 107 Å². The topological polar surface area (TPSA) is 27.7 Å². The lowest BCUT2D eigenvalue weighted by Gasteiger charge is -2.32. The van der Waals surface area contributed by atoms with Crippen molar-refractivity contribution in [1.29, 1.82) is 0 Å². The van der Waals surface area contributed by atoms with Crippen LogP contribution in [0, 0.1) is 0 Å². The van der Waals surface area contributed by atoms with Gasteiger partial charge >= 0.3 is 7.12 Å². The first kappa shape index (κ1) is 15.2. The van der Waals surface area contributed by atoms with Gasteiger partial charge in [-0.05, 0) is 60.1 Å². The van der Waals surface area contributed by atoms with E-state index in [1.54, 1.807) is 0 Å². The quantitative estimate of drug-likeness (QED) is 0.559. The third-order valence-corrected chi connectivity index (χ3v) is 4.49. The Balaban J connectivity index is 2.27. The highest BCUT2D eigenvalue weighted by atomic mass is 28.4. The molecule has 0 aromatic carbocycles. The molecule has 0 aromatic rings. The van der Waals surface area contributed by atoms with Crippen LogP contribution in [0.5, 0.6) is 0 Å². The van der Waals surface area contributed by atoms with Gasteiger partial charge in [0.05, 0.1) is 11.2 Å². The smallest absolute Gasteiger partial charge is 0.418 e. The first-order valence-electron chi connectivity index (χ1n) is 6.53. The van der Waals surface area contributed by atoms with Gasteiger partial charge in [0.25, 0.3) is 0 Å². The Bertz CT molecular complexity index is 245. The summed E-state index contributed by atoms with van der Waals surface area (Å²) in [5.41, 5.74) is -0.422. The van der Waals surface area contributed by atoms with Gasteiger partial charge in [-0.1, -0.05) is 0 Å². The largest absolute Gasteiger partial charge is 0.457 e. The zero-order chi connectivity index (χ0) is 13.3. The van der Waals surface area contributed by atoms with Crippen molar-refractivity contribution in [3.63, 3.8) is 0 Å². The van der Waals surface area contributed by atoms with Gasteiger partial charge in [-0.25, -0.2) is 0 Å². The lowest BCUT2D eigenvalue weighted by molar-refractivity contribution is 0.00578. The van der Waals surface area contributed by atoms with E-state index in [9.17, 15) is 0 Å². The fraction of sp³-hybridized carbons (Fsp3) is 1.00. The molecule has 0 amide bonds. The van der Waals surface area contributed by atoms with E-state index in [0.717, 1.165) is 19.3 Å². The predicted octanol–water partition coefficient (Wildman–Crippen LogP) is 3.32. The summed E-state index contributed by atoms with van der Waals surface area (Å²) in [4.78, 5) is 0. The van der Waals surface area contributed by atoms with Crippen LogP contribution in [0.15, 0.2) is 0 Å². The summed E-state index contributed by atoms with van der Waals surface area (Å²) in [7, 11) is -1.45. The van der Waals surface area contributed by atoms with Gasteiger partial charge in [0.15, 0.2) is 8.32 Å². The molecule has 0 aliphatic carbocycles. The summed E-state index contributed by atoms with van der Waals surface area (Å²) < 4.78 is 17.7. The highest BCUT2D eigenvalue weighted by Crippen LogP contribution is 2.37. The average molecular weight is 258 g/mol. The standard InChI is InChI=1S/C12H27BO3Si/c1-11(2)12(3,4)16-13(15-11)9-8-10-14-17(5,6)7/h8-10H2,1-7H3.